The Morgan fingerprint density at radius 3 is 2.24 bits per heavy atom. The minimum absolute atomic E-state index is 0.0299. The predicted octanol–water partition coefficient (Wildman–Crippen LogP) is 6.13. The third kappa shape index (κ3) is 3.88. The van der Waals surface area contributed by atoms with Crippen LogP contribution < -0.4 is 4.90 Å². The summed E-state index contributed by atoms with van der Waals surface area (Å²) in [6.45, 7) is 12.1. The summed E-state index contributed by atoms with van der Waals surface area (Å²) < 4.78 is 5.65. The Labute approximate surface area is 194 Å². The Balaban J connectivity index is 1.96. The number of aryl methyl sites for hydroxylation is 3. The van der Waals surface area contributed by atoms with Crippen molar-refractivity contribution in [3.05, 3.63) is 93.9 Å². The number of hydrogen-bond acceptors (Lipinski definition) is 4. The van der Waals surface area contributed by atoms with E-state index in [1.54, 1.807) is 12.1 Å². The van der Waals surface area contributed by atoms with Crippen molar-refractivity contribution in [2.45, 2.75) is 53.0 Å². The number of amides is 1. The van der Waals surface area contributed by atoms with Crippen LogP contribution in [0.4, 0.5) is 5.69 Å². The first-order chi connectivity index (χ1) is 15.5. The van der Waals surface area contributed by atoms with E-state index >= 15 is 0 Å². The van der Waals surface area contributed by atoms with Crippen LogP contribution in [0.5, 0.6) is 0 Å². The lowest BCUT2D eigenvalue weighted by atomic mass is 9.84. The number of aliphatic hydroxyl groups excluding tert-OH is 1. The minimum Gasteiger partial charge on any atom is -0.507 e. The number of rotatable bonds is 3. The van der Waals surface area contributed by atoms with Crippen molar-refractivity contribution in [1.29, 1.82) is 0 Å². The third-order valence-corrected chi connectivity index (χ3v) is 6.38. The molecule has 3 aromatic rings. The monoisotopic (exact) mass is 443 g/mol. The zero-order chi connectivity index (χ0) is 24.1. The molecule has 1 fully saturated rings. The van der Waals surface area contributed by atoms with Gasteiger partial charge < -0.3 is 9.52 Å². The number of ketones is 1. The number of aliphatic hydroxyl groups is 1. The molecule has 4 rings (SSSR count). The molecule has 1 N–H and O–H groups in total. The summed E-state index contributed by atoms with van der Waals surface area (Å²) in [6, 6.07) is 14.0. The minimum atomic E-state index is -0.861. The highest BCUT2D eigenvalue weighted by molar-refractivity contribution is 6.51. The molecule has 1 atom stereocenters. The van der Waals surface area contributed by atoms with E-state index in [-0.39, 0.29) is 16.7 Å². The van der Waals surface area contributed by atoms with Crippen LogP contribution >= 0.6 is 0 Å². The van der Waals surface area contributed by atoms with Gasteiger partial charge in [0.2, 0.25) is 0 Å². The molecule has 5 nitrogen and oxygen atoms in total. The molecule has 0 bridgehead atoms. The highest BCUT2D eigenvalue weighted by atomic mass is 16.3. The quantitative estimate of drug-likeness (QED) is 0.300. The smallest absolute Gasteiger partial charge is 0.300 e. The SMILES string of the molecule is Cc1ccc(N2C(=O)C(=O)/C(=C(/O)c3cc(C(C)(C)C)ccc3C)C2c2ccco2)cc1C. The molecule has 2 heterocycles. The Hall–Kier alpha value is -3.60. The second-order valence-electron chi connectivity index (χ2n) is 9.73. The van der Waals surface area contributed by atoms with Gasteiger partial charge in [-0.3, -0.25) is 14.5 Å². The molecule has 33 heavy (non-hydrogen) atoms. The van der Waals surface area contributed by atoms with Crippen LogP contribution in [0.2, 0.25) is 0 Å². The summed E-state index contributed by atoms with van der Waals surface area (Å²) >= 11 is 0. The summed E-state index contributed by atoms with van der Waals surface area (Å²) in [6.07, 6.45) is 1.50. The summed E-state index contributed by atoms with van der Waals surface area (Å²) in [5, 5.41) is 11.5. The molecule has 1 saturated heterocycles. The van der Waals surface area contributed by atoms with Crippen LogP contribution in [-0.2, 0) is 15.0 Å². The molecule has 0 radical (unpaired) electrons. The van der Waals surface area contributed by atoms with Gasteiger partial charge in [0.25, 0.3) is 11.7 Å². The molecule has 1 aromatic heterocycles. The van der Waals surface area contributed by atoms with Crippen molar-refractivity contribution in [2.75, 3.05) is 4.90 Å². The van der Waals surface area contributed by atoms with E-state index in [9.17, 15) is 14.7 Å². The van der Waals surface area contributed by atoms with Crippen molar-refractivity contribution >= 4 is 23.1 Å². The molecule has 5 heteroatoms. The normalized spacial score (nSPS) is 18.2. The summed E-state index contributed by atoms with van der Waals surface area (Å²) in [7, 11) is 0. The predicted molar refractivity (Wildman–Crippen MR) is 129 cm³/mol. The highest BCUT2D eigenvalue weighted by Crippen LogP contribution is 2.43. The number of Topliss-reactive ketones (excluding diaryl/α,β-unsaturated/α-hetero) is 1. The van der Waals surface area contributed by atoms with Gasteiger partial charge in [-0.25, -0.2) is 0 Å². The Morgan fingerprint density at radius 1 is 0.939 bits per heavy atom. The van der Waals surface area contributed by atoms with E-state index in [0.717, 1.165) is 22.3 Å². The fraction of sp³-hybridized carbons (Fsp3) is 0.286. The fourth-order valence-corrected chi connectivity index (χ4v) is 4.18. The third-order valence-electron chi connectivity index (χ3n) is 6.38. The van der Waals surface area contributed by atoms with Crippen molar-refractivity contribution in [3.63, 3.8) is 0 Å². The van der Waals surface area contributed by atoms with Gasteiger partial charge in [0.1, 0.15) is 17.6 Å². The maximum atomic E-state index is 13.3. The molecule has 1 aliphatic heterocycles. The largest absolute Gasteiger partial charge is 0.507 e. The van der Waals surface area contributed by atoms with Gasteiger partial charge in [-0.15, -0.1) is 0 Å². The first-order valence-corrected chi connectivity index (χ1v) is 11.0. The van der Waals surface area contributed by atoms with Crippen molar-refractivity contribution in [1.82, 2.24) is 0 Å². The van der Waals surface area contributed by atoms with Gasteiger partial charge >= 0.3 is 0 Å². The van der Waals surface area contributed by atoms with Gasteiger partial charge in [0.15, 0.2) is 0 Å². The Morgan fingerprint density at radius 2 is 1.64 bits per heavy atom. The zero-order valence-corrected chi connectivity index (χ0v) is 19.9. The number of hydrogen-bond donors (Lipinski definition) is 1. The fourth-order valence-electron chi connectivity index (χ4n) is 4.18. The average molecular weight is 444 g/mol. The molecule has 170 valence electrons. The number of furan rings is 1. The lowest BCUT2D eigenvalue weighted by Crippen LogP contribution is -2.29. The molecular weight excluding hydrogens is 414 g/mol. The number of anilines is 1. The zero-order valence-electron chi connectivity index (χ0n) is 19.9. The summed E-state index contributed by atoms with van der Waals surface area (Å²) in [4.78, 5) is 28.0. The molecule has 0 saturated carbocycles. The lowest BCUT2D eigenvalue weighted by molar-refractivity contribution is -0.132. The number of nitrogens with zero attached hydrogens (tertiary/aromatic N) is 1. The number of carbonyl (C=O) groups is 2. The van der Waals surface area contributed by atoms with E-state index in [0.29, 0.717) is 17.0 Å². The van der Waals surface area contributed by atoms with E-state index in [2.05, 4.69) is 20.8 Å². The second-order valence-corrected chi connectivity index (χ2v) is 9.73. The first-order valence-electron chi connectivity index (χ1n) is 11.0. The molecular formula is C28H29NO4. The molecule has 1 amide bonds. The summed E-state index contributed by atoms with van der Waals surface area (Å²) in [5.74, 6) is -1.19. The average Bonchev–Trinajstić information content (AvgIpc) is 3.36. The van der Waals surface area contributed by atoms with Crippen molar-refractivity contribution in [3.8, 4) is 0 Å². The van der Waals surface area contributed by atoms with Crippen LogP contribution in [0, 0.1) is 20.8 Å². The Kier molecular flexibility index (Phi) is 5.52. The van der Waals surface area contributed by atoms with E-state index in [1.807, 2.05) is 57.2 Å². The van der Waals surface area contributed by atoms with Gasteiger partial charge in [0, 0.05) is 11.3 Å². The van der Waals surface area contributed by atoms with E-state index < -0.39 is 17.7 Å². The summed E-state index contributed by atoms with van der Waals surface area (Å²) in [5.41, 5.74) is 4.93. The molecule has 0 spiro atoms. The molecule has 1 aliphatic rings. The van der Waals surface area contributed by atoms with Crippen LogP contribution in [-0.4, -0.2) is 16.8 Å². The Bertz CT molecular complexity index is 1280. The molecule has 1 unspecified atom stereocenters. The molecule has 2 aromatic carbocycles. The first kappa shape index (κ1) is 22.6. The van der Waals surface area contributed by atoms with E-state index in [1.165, 1.54) is 11.2 Å². The van der Waals surface area contributed by atoms with Gasteiger partial charge in [-0.05, 0) is 78.8 Å². The van der Waals surface area contributed by atoms with Gasteiger partial charge in [0.05, 0.1) is 11.8 Å². The van der Waals surface area contributed by atoms with Crippen LogP contribution in [0.3, 0.4) is 0 Å². The van der Waals surface area contributed by atoms with Crippen molar-refractivity contribution in [2.24, 2.45) is 0 Å². The topological polar surface area (TPSA) is 70.8 Å². The van der Waals surface area contributed by atoms with Gasteiger partial charge in [-0.1, -0.05) is 39.0 Å². The second kappa shape index (κ2) is 8.07. The number of carbonyl (C=O) groups excluding carboxylic acids is 2. The maximum Gasteiger partial charge on any atom is 0.300 e. The maximum absolute atomic E-state index is 13.3. The van der Waals surface area contributed by atoms with Crippen LogP contribution in [0.1, 0.15) is 60.4 Å². The molecule has 0 aliphatic carbocycles. The van der Waals surface area contributed by atoms with E-state index in [4.69, 9.17) is 4.42 Å². The van der Waals surface area contributed by atoms with Gasteiger partial charge in [-0.2, -0.15) is 0 Å². The number of benzene rings is 2. The highest BCUT2D eigenvalue weighted by Gasteiger charge is 2.48. The lowest BCUT2D eigenvalue weighted by Gasteiger charge is -2.24. The standard InChI is InChI=1S/C28H29NO4/c1-16-10-12-20(14-18(16)3)29-24(22-8-7-13-33-22)23(26(31)27(29)32)25(30)21-15-19(28(4,5)6)11-9-17(21)2/h7-15,24,30H,1-6H3/b25-23+. The van der Waals surface area contributed by atoms with Crippen LogP contribution in [0.15, 0.2) is 64.8 Å². The van der Waals surface area contributed by atoms with Crippen molar-refractivity contribution < 1.29 is 19.1 Å². The van der Waals surface area contributed by atoms with Crippen LogP contribution in [0.25, 0.3) is 5.76 Å².